The van der Waals surface area contributed by atoms with E-state index in [-0.39, 0.29) is 16.3 Å². The van der Waals surface area contributed by atoms with Crippen LogP contribution in [-0.2, 0) is 22.4 Å². The molecule has 0 N–H and O–H groups in total. The van der Waals surface area contributed by atoms with E-state index in [1.54, 1.807) is 4.57 Å². The molecule has 1 aliphatic heterocycles. The van der Waals surface area contributed by atoms with E-state index in [0.29, 0.717) is 13.0 Å². The number of hydrogen-bond acceptors (Lipinski definition) is 4. The third-order valence-electron chi connectivity index (χ3n) is 2.88. The van der Waals surface area contributed by atoms with Gasteiger partial charge in [0.15, 0.2) is 0 Å². The van der Waals surface area contributed by atoms with Crippen LogP contribution in [0.5, 0.6) is 0 Å². The van der Waals surface area contributed by atoms with E-state index >= 15 is 0 Å². The topological polar surface area (TPSA) is 57.5 Å². The van der Waals surface area contributed by atoms with Gasteiger partial charge >= 0.3 is 11.9 Å². The molecule has 1 aromatic heterocycles. The summed E-state index contributed by atoms with van der Waals surface area (Å²) >= 11 is 6.07. The fourth-order valence-electron chi connectivity index (χ4n) is 2.15. The molecule has 0 bridgehead atoms. The molecule has 0 atom stereocenters. The largest absolute Gasteiger partial charge is 0.465 e. The normalized spacial score (nSPS) is 13.4. The zero-order valence-corrected chi connectivity index (χ0v) is 10.3. The molecule has 0 aromatic carbocycles. The Hall–Kier alpha value is -1.49. The van der Waals surface area contributed by atoms with Crippen molar-refractivity contribution in [1.29, 1.82) is 0 Å². The maximum absolute atomic E-state index is 11.6. The minimum Gasteiger partial charge on any atom is -0.465 e. The Morgan fingerprint density at radius 2 is 1.88 bits per heavy atom. The SMILES string of the molecule is COC(=O)c1c(Cl)c(C(=O)OC)n2c1CCC2. The Kier molecular flexibility index (Phi) is 3.11. The van der Waals surface area contributed by atoms with E-state index < -0.39 is 11.9 Å². The van der Waals surface area contributed by atoms with Crippen LogP contribution in [0.25, 0.3) is 0 Å². The molecule has 0 saturated heterocycles. The number of halogens is 1. The fraction of sp³-hybridized carbons (Fsp3) is 0.455. The molecule has 0 saturated carbocycles. The lowest BCUT2D eigenvalue weighted by molar-refractivity contribution is 0.0587. The first kappa shape index (κ1) is 12.0. The average Bonchev–Trinajstić information content (AvgIpc) is 2.86. The van der Waals surface area contributed by atoms with Crippen LogP contribution in [0.4, 0.5) is 0 Å². The lowest BCUT2D eigenvalue weighted by Gasteiger charge is -2.03. The third kappa shape index (κ3) is 1.70. The predicted octanol–water partition coefficient (Wildman–Crippen LogP) is 1.66. The first-order valence-corrected chi connectivity index (χ1v) is 5.57. The minimum atomic E-state index is -0.534. The Balaban J connectivity index is 2.63. The van der Waals surface area contributed by atoms with Crippen molar-refractivity contribution < 1.29 is 19.1 Å². The van der Waals surface area contributed by atoms with Gasteiger partial charge in [-0.05, 0) is 12.8 Å². The summed E-state index contributed by atoms with van der Waals surface area (Å²) < 4.78 is 11.1. The van der Waals surface area contributed by atoms with Gasteiger partial charge in [0.25, 0.3) is 0 Å². The number of rotatable bonds is 2. The van der Waals surface area contributed by atoms with Gasteiger partial charge in [0.2, 0.25) is 0 Å². The summed E-state index contributed by atoms with van der Waals surface area (Å²) in [5.74, 6) is -1.05. The van der Waals surface area contributed by atoms with E-state index in [9.17, 15) is 9.59 Å². The number of carbonyl (C=O) groups is 2. The molecule has 5 nitrogen and oxygen atoms in total. The summed E-state index contributed by atoms with van der Waals surface area (Å²) in [6, 6.07) is 0. The van der Waals surface area contributed by atoms with Crippen molar-refractivity contribution in [1.82, 2.24) is 4.57 Å². The van der Waals surface area contributed by atoms with Gasteiger partial charge in [0.1, 0.15) is 11.3 Å². The molecule has 0 fully saturated rings. The fourth-order valence-corrected chi connectivity index (χ4v) is 2.52. The zero-order chi connectivity index (χ0) is 12.6. The third-order valence-corrected chi connectivity index (χ3v) is 3.24. The van der Waals surface area contributed by atoms with Crippen molar-refractivity contribution in [3.8, 4) is 0 Å². The Labute approximate surface area is 103 Å². The van der Waals surface area contributed by atoms with Gasteiger partial charge in [-0.1, -0.05) is 11.6 Å². The number of aromatic nitrogens is 1. The summed E-state index contributed by atoms with van der Waals surface area (Å²) in [4.78, 5) is 23.3. The molecule has 0 unspecified atom stereocenters. The van der Waals surface area contributed by atoms with Crippen LogP contribution >= 0.6 is 11.6 Å². The summed E-state index contributed by atoms with van der Waals surface area (Å²) in [6.07, 6.45) is 1.58. The maximum Gasteiger partial charge on any atom is 0.356 e. The van der Waals surface area contributed by atoms with Gasteiger partial charge in [-0.25, -0.2) is 9.59 Å². The minimum absolute atomic E-state index is 0.124. The van der Waals surface area contributed by atoms with Gasteiger partial charge in [0, 0.05) is 12.2 Å². The second kappa shape index (κ2) is 4.41. The highest BCUT2D eigenvalue weighted by molar-refractivity contribution is 6.36. The second-order valence-electron chi connectivity index (χ2n) is 3.72. The molecule has 2 heterocycles. The Morgan fingerprint density at radius 3 is 2.47 bits per heavy atom. The standard InChI is InChI=1S/C11H12ClNO4/c1-16-10(14)7-6-4-3-5-13(6)9(8(7)12)11(15)17-2/h3-5H2,1-2H3. The van der Waals surface area contributed by atoms with Crippen molar-refractivity contribution in [2.24, 2.45) is 0 Å². The average molecular weight is 258 g/mol. The number of fused-ring (bicyclic) bond motifs is 1. The summed E-state index contributed by atoms with van der Waals surface area (Å²) in [6.45, 7) is 0.663. The van der Waals surface area contributed by atoms with Gasteiger partial charge < -0.3 is 14.0 Å². The first-order valence-electron chi connectivity index (χ1n) is 5.19. The van der Waals surface area contributed by atoms with Crippen molar-refractivity contribution in [3.05, 3.63) is 22.0 Å². The van der Waals surface area contributed by atoms with Crippen LogP contribution in [0.3, 0.4) is 0 Å². The number of carbonyl (C=O) groups excluding carboxylic acids is 2. The molecular formula is C11H12ClNO4. The van der Waals surface area contributed by atoms with Crippen LogP contribution in [0, 0.1) is 0 Å². The maximum atomic E-state index is 11.6. The van der Waals surface area contributed by atoms with Crippen LogP contribution in [-0.4, -0.2) is 30.7 Å². The summed E-state index contributed by atoms with van der Waals surface area (Å²) in [7, 11) is 2.57. The van der Waals surface area contributed by atoms with E-state index in [2.05, 4.69) is 9.47 Å². The van der Waals surface area contributed by atoms with Crippen LogP contribution in [0.1, 0.15) is 33.0 Å². The quantitative estimate of drug-likeness (QED) is 0.756. The molecule has 92 valence electrons. The molecule has 1 aromatic rings. The zero-order valence-electron chi connectivity index (χ0n) is 9.58. The molecule has 0 radical (unpaired) electrons. The van der Waals surface area contributed by atoms with E-state index in [0.717, 1.165) is 12.1 Å². The van der Waals surface area contributed by atoms with Gasteiger partial charge in [0.05, 0.1) is 19.2 Å². The Morgan fingerprint density at radius 1 is 1.24 bits per heavy atom. The monoisotopic (exact) mass is 257 g/mol. The van der Waals surface area contributed by atoms with Crippen molar-refractivity contribution in [2.75, 3.05) is 14.2 Å². The number of ether oxygens (including phenoxy) is 2. The molecule has 0 aliphatic carbocycles. The van der Waals surface area contributed by atoms with Crippen LogP contribution in [0.15, 0.2) is 0 Å². The number of hydrogen-bond donors (Lipinski definition) is 0. The summed E-state index contributed by atoms with van der Waals surface area (Å²) in [5.41, 5.74) is 1.27. The molecule has 6 heteroatoms. The summed E-state index contributed by atoms with van der Waals surface area (Å²) in [5, 5.41) is 0.124. The molecule has 17 heavy (non-hydrogen) atoms. The van der Waals surface area contributed by atoms with Gasteiger partial charge in [-0.15, -0.1) is 0 Å². The highest BCUT2D eigenvalue weighted by atomic mass is 35.5. The first-order chi connectivity index (χ1) is 8.11. The highest BCUT2D eigenvalue weighted by Gasteiger charge is 2.32. The van der Waals surface area contributed by atoms with Crippen molar-refractivity contribution in [3.63, 3.8) is 0 Å². The smallest absolute Gasteiger partial charge is 0.356 e. The lowest BCUT2D eigenvalue weighted by Crippen LogP contribution is -2.09. The number of nitrogens with zero attached hydrogens (tertiary/aromatic N) is 1. The van der Waals surface area contributed by atoms with Crippen LogP contribution < -0.4 is 0 Å². The highest BCUT2D eigenvalue weighted by Crippen LogP contribution is 2.33. The molecular weight excluding hydrogens is 246 g/mol. The molecule has 2 rings (SSSR count). The van der Waals surface area contributed by atoms with Gasteiger partial charge in [-0.2, -0.15) is 0 Å². The molecule has 0 spiro atoms. The lowest BCUT2D eigenvalue weighted by atomic mass is 10.2. The van der Waals surface area contributed by atoms with E-state index in [1.807, 2.05) is 0 Å². The molecule has 0 amide bonds. The van der Waals surface area contributed by atoms with E-state index in [1.165, 1.54) is 14.2 Å². The Bertz CT molecular complexity index is 451. The van der Waals surface area contributed by atoms with Crippen LogP contribution in [0.2, 0.25) is 5.02 Å². The predicted molar refractivity (Wildman–Crippen MR) is 60.4 cm³/mol. The van der Waals surface area contributed by atoms with Crippen molar-refractivity contribution >= 4 is 23.5 Å². The molecule has 1 aliphatic rings. The number of methoxy groups -OCH3 is 2. The number of esters is 2. The second-order valence-corrected chi connectivity index (χ2v) is 4.10. The van der Waals surface area contributed by atoms with Crippen molar-refractivity contribution in [2.45, 2.75) is 19.4 Å². The van der Waals surface area contributed by atoms with E-state index in [4.69, 9.17) is 11.6 Å². The van der Waals surface area contributed by atoms with Gasteiger partial charge in [-0.3, -0.25) is 0 Å².